The van der Waals surface area contributed by atoms with Crippen LogP contribution in [0.25, 0.3) is 0 Å². The zero-order valence-corrected chi connectivity index (χ0v) is 17.9. The number of carbonyl (C=O) groups is 2. The van der Waals surface area contributed by atoms with E-state index >= 15 is 0 Å². The number of halogens is 1. The number of nitrogens with one attached hydrogen (secondary N) is 1. The zero-order valence-electron chi connectivity index (χ0n) is 17.1. The summed E-state index contributed by atoms with van der Waals surface area (Å²) in [6.45, 7) is 5.89. The predicted molar refractivity (Wildman–Crippen MR) is 113 cm³/mol. The lowest BCUT2D eigenvalue weighted by Gasteiger charge is -2.33. The van der Waals surface area contributed by atoms with Gasteiger partial charge in [-0.25, -0.2) is 0 Å². The summed E-state index contributed by atoms with van der Waals surface area (Å²) in [6.07, 6.45) is 0. The standard InChI is InChI=1S/C22H25ClN2O5/c1-22(2,3)24-21(28)20(15-5-7-16(26)8-6-15)25(19(27)11-23)12-14-4-9-17-18(10-14)30-13-29-17/h4-10,20,26H,11-13H2,1-3H3,(H,24,28)/t20-/m1/s1. The van der Waals surface area contributed by atoms with Crippen LogP contribution in [0.3, 0.4) is 0 Å². The molecule has 1 aliphatic heterocycles. The highest BCUT2D eigenvalue weighted by atomic mass is 35.5. The van der Waals surface area contributed by atoms with Crippen molar-refractivity contribution < 1.29 is 24.2 Å². The van der Waals surface area contributed by atoms with Crippen LogP contribution in [0, 0.1) is 0 Å². The fourth-order valence-corrected chi connectivity index (χ4v) is 3.36. The van der Waals surface area contributed by atoms with Crippen LogP contribution in [0.1, 0.15) is 37.9 Å². The van der Waals surface area contributed by atoms with Gasteiger partial charge in [0.15, 0.2) is 11.5 Å². The molecule has 0 aromatic heterocycles. The van der Waals surface area contributed by atoms with Gasteiger partial charge in [-0.3, -0.25) is 9.59 Å². The molecule has 2 aromatic carbocycles. The van der Waals surface area contributed by atoms with E-state index in [1.807, 2.05) is 26.8 Å². The highest BCUT2D eigenvalue weighted by molar-refractivity contribution is 6.27. The lowest BCUT2D eigenvalue weighted by molar-refractivity contribution is -0.140. The minimum absolute atomic E-state index is 0.0692. The number of phenolic OH excluding ortho intramolecular Hbond substituents is 1. The minimum Gasteiger partial charge on any atom is -0.508 e. The first-order valence-electron chi connectivity index (χ1n) is 9.53. The molecule has 0 spiro atoms. The molecule has 1 aliphatic rings. The van der Waals surface area contributed by atoms with Crippen LogP contribution in [0.5, 0.6) is 17.2 Å². The Balaban J connectivity index is 1.99. The van der Waals surface area contributed by atoms with Gasteiger partial charge in [0.25, 0.3) is 0 Å². The summed E-state index contributed by atoms with van der Waals surface area (Å²) >= 11 is 5.89. The number of fused-ring (bicyclic) bond motifs is 1. The highest BCUT2D eigenvalue weighted by Crippen LogP contribution is 2.34. The molecule has 0 unspecified atom stereocenters. The fourth-order valence-electron chi connectivity index (χ4n) is 3.20. The molecule has 8 heteroatoms. The number of carbonyl (C=O) groups excluding carboxylic acids is 2. The van der Waals surface area contributed by atoms with Gasteiger partial charge >= 0.3 is 0 Å². The topological polar surface area (TPSA) is 88.1 Å². The number of amides is 2. The molecular weight excluding hydrogens is 408 g/mol. The molecular formula is C22H25ClN2O5. The van der Waals surface area contributed by atoms with Gasteiger partial charge in [-0.15, -0.1) is 11.6 Å². The molecule has 0 saturated heterocycles. The Morgan fingerprint density at radius 1 is 1.13 bits per heavy atom. The van der Waals surface area contributed by atoms with Gasteiger partial charge < -0.3 is 24.8 Å². The number of ether oxygens (including phenoxy) is 2. The maximum absolute atomic E-state index is 13.2. The van der Waals surface area contributed by atoms with E-state index in [2.05, 4.69) is 5.32 Å². The van der Waals surface area contributed by atoms with Gasteiger partial charge in [-0.2, -0.15) is 0 Å². The molecule has 2 aromatic rings. The van der Waals surface area contributed by atoms with Crippen LogP contribution in [-0.4, -0.2) is 40.0 Å². The normalized spacial score (nSPS) is 13.6. The van der Waals surface area contributed by atoms with Crippen molar-refractivity contribution in [3.63, 3.8) is 0 Å². The van der Waals surface area contributed by atoms with Crippen LogP contribution in [0.2, 0.25) is 0 Å². The second-order valence-corrected chi connectivity index (χ2v) is 8.34. The van der Waals surface area contributed by atoms with E-state index in [1.54, 1.807) is 24.3 Å². The van der Waals surface area contributed by atoms with Gasteiger partial charge in [-0.1, -0.05) is 18.2 Å². The zero-order chi connectivity index (χ0) is 21.9. The van der Waals surface area contributed by atoms with Crippen LogP contribution in [-0.2, 0) is 16.1 Å². The summed E-state index contributed by atoms with van der Waals surface area (Å²) in [6, 6.07) is 10.7. The monoisotopic (exact) mass is 432 g/mol. The van der Waals surface area contributed by atoms with E-state index in [-0.39, 0.29) is 30.9 Å². The van der Waals surface area contributed by atoms with E-state index < -0.39 is 17.5 Å². The maximum atomic E-state index is 13.2. The highest BCUT2D eigenvalue weighted by Gasteiger charge is 2.33. The lowest BCUT2D eigenvalue weighted by atomic mass is 10.0. The molecule has 0 radical (unpaired) electrons. The molecule has 30 heavy (non-hydrogen) atoms. The molecule has 2 amide bonds. The first kappa shape index (κ1) is 21.8. The number of hydrogen-bond donors (Lipinski definition) is 2. The van der Waals surface area contributed by atoms with Crippen molar-refractivity contribution in [1.82, 2.24) is 10.2 Å². The van der Waals surface area contributed by atoms with Crippen LogP contribution in [0.4, 0.5) is 0 Å². The van der Waals surface area contributed by atoms with Gasteiger partial charge in [0.1, 0.15) is 17.7 Å². The summed E-state index contributed by atoms with van der Waals surface area (Å²) < 4.78 is 10.8. The number of aromatic hydroxyl groups is 1. The first-order valence-corrected chi connectivity index (χ1v) is 10.1. The van der Waals surface area contributed by atoms with Gasteiger partial charge in [-0.05, 0) is 56.2 Å². The third-order valence-electron chi connectivity index (χ3n) is 4.49. The molecule has 1 atom stereocenters. The van der Waals surface area contributed by atoms with Crippen molar-refractivity contribution in [3.8, 4) is 17.2 Å². The number of rotatable bonds is 6. The SMILES string of the molecule is CC(C)(C)NC(=O)[C@@H](c1ccc(O)cc1)N(Cc1ccc2c(c1)OCO2)C(=O)CCl. The predicted octanol–water partition coefficient (Wildman–Crippen LogP) is 3.34. The fraction of sp³-hybridized carbons (Fsp3) is 0.364. The molecule has 0 aliphatic carbocycles. The van der Waals surface area contributed by atoms with Crippen LogP contribution < -0.4 is 14.8 Å². The Kier molecular flexibility index (Phi) is 6.41. The Hall–Kier alpha value is -2.93. The third kappa shape index (κ3) is 5.16. The summed E-state index contributed by atoms with van der Waals surface area (Å²) in [4.78, 5) is 27.5. The Labute approximate surface area is 180 Å². The molecule has 0 saturated carbocycles. The number of phenols is 1. The van der Waals surface area contributed by atoms with E-state index in [9.17, 15) is 14.7 Å². The van der Waals surface area contributed by atoms with Crippen molar-refractivity contribution in [2.75, 3.05) is 12.7 Å². The van der Waals surface area contributed by atoms with Gasteiger partial charge in [0, 0.05) is 12.1 Å². The quantitative estimate of drug-likeness (QED) is 0.683. The average Bonchev–Trinajstić information content (AvgIpc) is 3.14. The lowest BCUT2D eigenvalue weighted by Crippen LogP contribution is -2.49. The number of hydrogen-bond acceptors (Lipinski definition) is 5. The second kappa shape index (κ2) is 8.83. The smallest absolute Gasteiger partial charge is 0.247 e. The Morgan fingerprint density at radius 2 is 1.80 bits per heavy atom. The van der Waals surface area contributed by atoms with Gasteiger partial charge in [0.05, 0.1) is 0 Å². The van der Waals surface area contributed by atoms with E-state index in [0.717, 1.165) is 5.56 Å². The Morgan fingerprint density at radius 3 is 2.43 bits per heavy atom. The van der Waals surface area contributed by atoms with Crippen molar-refractivity contribution >= 4 is 23.4 Å². The largest absolute Gasteiger partial charge is 0.508 e. The second-order valence-electron chi connectivity index (χ2n) is 8.08. The first-order chi connectivity index (χ1) is 14.2. The number of nitrogens with zero attached hydrogens (tertiary/aromatic N) is 1. The maximum Gasteiger partial charge on any atom is 0.247 e. The number of benzene rings is 2. The van der Waals surface area contributed by atoms with Crippen molar-refractivity contribution in [2.45, 2.75) is 38.9 Å². The molecule has 0 bridgehead atoms. The van der Waals surface area contributed by atoms with Gasteiger partial charge in [0.2, 0.25) is 18.6 Å². The molecule has 1 heterocycles. The van der Waals surface area contributed by atoms with E-state index in [0.29, 0.717) is 17.1 Å². The molecule has 0 fully saturated rings. The summed E-state index contributed by atoms with van der Waals surface area (Å²) in [5.41, 5.74) is 0.833. The number of alkyl halides is 1. The van der Waals surface area contributed by atoms with E-state index in [4.69, 9.17) is 21.1 Å². The molecule has 2 N–H and O–H groups in total. The van der Waals surface area contributed by atoms with Crippen LogP contribution >= 0.6 is 11.6 Å². The summed E-state index contributed by atoms with van der Waals surface area (Å²) in [7, 11) is 0. The van der Waals surface area contributed by atoms with Crippen molar-refractivity contribution in [3.05, 3.63) is 53.6 Å². The van der Waals surface area contributed by atoms with Crippen molar-refractivity contribution in [1.29, 1.82) is 0 Å². The van der Waals surface area contributed by atoms with Crippen LogP contribution in [0.15, 0.2) is 42.5 Å². The van der Waals surface area contributed by atoms with Crippen molar-refractivity contribution in [2.24, 2.45) is 0 Å². The molecule has 3 rings (SSSR count). The minimum atomic E-state index is -0.929. The third-order valence-corrected chi connectivity index (χ3v) is 4.72. The molecule has 160 valence electrons. The summed E-state index contributed by atoms with van der Waals surface area (Å²) in [5, 5.41) is 12.6. The Bertz CT molecular complexity index is 924. The summed E-state index contributed by atoms with van der Waals surface area (Å²) in [5.74, 6) is 0.284. The average molecular weight is 433 g/mol. The molecule has 7 nitrogen and oxygen atoms in total. The van der Waals surface area contributed by atoms with E-state index in [1.165, 1.54) is 17.0 Å².